The number of carboxylic acids is 1. The van der Waals surface area contributed by atoms with E-state index < -0.39 is 37.3 Å². The number of carbonyl (C=O) groups is 1. The Kier molecular flexibility index (Phi) is 6.01. The minimum absolute atomic E-state index is 0.0189. The van der Waals surface area contributed by atoms with Crippen LogP contribution in [0.5, 0.6) is 5.75 Å². The summed E-state index contributed by atoms with van der Waals surface area (Å²) in [5.41, 5.74) is 0.0699. The second-order valence-corrected chi connectivity index (χ2v) is 5.61. The lowest BCUT2D eigenvalue weighted by molar-refractivity contribution is -0.134. The van der Waals surface area contributed by atoms with Crippen LogP contribution in [0.1, 0.15) is 35.1 Å². The fourth-order valence-corrected chi connectivity index (χ4v) is 2.58. The number of rotatable bonds is 7. The van der Waals surface area contributed by atoms with E-state index in [-0.39, 0.29) is 34.8 Å². The van der Waals surface area contributed by atoms with E-state index in [0.29, 0.717) is 0 Å². The molecule has 2 aromatic rings. The van der Waals surface area contributed by atoms with Crippen LogP contribution in [0, 0.1) is 6.92 Å². The van der Waals surface area contributed by atoms with Crippen molar-refractivity contribution < 1.29 is 36.6 Å². The number of alkyl halides is 5. The zero-order chi connectivity index (χ0) is 20.4. The van der Waals surface area contributed by atoms with E-state index in [1.807, 2.05) is 0 Å². The Morgan fingerprint density at radius 1 is 1.37 bits per heavy atom. The predicted molar refractivity (Wildman–Crippen MR) is 83.8 cm³/mol. The normalized spacial score (nSPS) is 11.9. The van der Waals surface area contributed by atoms with Gasteiger partial charge in [0.15, 0.2) is 5.69 Å². The van der Waals surface area contributed by atoms with E-state index in [1.165, 1.54) is 11.6 Å². The van der Waals surface area contributed by atoms with Gasteiger partial charge in [0.2, 0.25) is 0 Å². The molecule has 11 heteroatoms. The highest BCUT2D eigenvalue weighted by molar-refractivity contribution is 5.90. The summed E-state index contributed by atoms with van der Waals surface area (Å²) in [5, 5.41) is 13.1. The van der Waals surface area contributed by atoms with Crippen LogP contribution in [0.25, 0.3) is 11.3 Å². The van der Waals surface area contributed by atoms with Gasteiger partial charge in [-0.2, -0.15) is 27.1 Å². The van der Waals surface area contributed by atoms with Gasteiger partial charge in [-0.25, -0.2) is 4.79 Å². The smallest absolute Gasteiger partial charge is 0.389 e. The molecule has 6 nitrogen and oxygen atoms in total. The molecule has 2 rings (SSSR count). The molecule has 0 radical (unpaired) electrons. The Hall–Kier alpha value is -2.72. The molecular weight excluding hydrogens is 377 g/mol. The van der Waals surface area contributed by atoms with Crippen molar-refractivity contribution in [2.45, 2.75) is 46.0 Å². The highest BCUT2D eigenvalue weighted by Crippen LogP contribution is 2.35. The number of halogens is 5. The van der Waals surface area contributed by atoms with Crippen LogP contribution >= 0.6 is 0 Å². The third-order valence-electron chi connectivity index (χ3n) is 3.75. The summed E-state index contributed by atoms with van der Waals surface area (Å²) in [4.78, 5) is 15.2. The molecule has 0 aliphatic carbocycles. The minimum atomic E-state index is -4.42. The second kappa shape index (κ2) is 7.89. The second-order valence-electron chi connectivity index (χ2n) is 5.61. The van der Waals surface area contributed by atoms with Gasteiger partial charge in [-0.05, 0) is 20.3 Å². The molecule has 0 aromatic carbocycles. The molecule has 148 valence electrons. The van der Waals surface area contributed by atoms with Crippen molar-refractivity contribution in [3.05, 3.63) is 29.2 Å². The Balaban J connectivity index is 2.54. The van der Waals surface area contributed by atoms with E-state index in [0.717, 1.165) is 12.3 Å². The number of nitrogens with zero attached hydrogens (tertiary/aromatic N) is 3. The lowest BCUT2D eigenvalue weighted by atomic mass is 10.1. The largest absolute Gasteiger partial charge is 0.476 e. The molecule has 0 saturated heterocycles. The Morgan fingerprint density at radius 3 is 2.56 bits per heavy atom. The van der Waals surface area contributed by atoms with E-state index >= 15 is 0 Å². The molecular formula is C16H16F5N3O3. The topological polar surface area (TPSA) is 77.2 Å². The van der Waals surface area contributed by atoms with Gasteiger partial charge < -0.3 is 9.84 Å². The summed E-state index contributed by atoms with van der Waals surface area (Å²) in [6, 6.07) is 1.00. The average molecular weight is 393 g/mol. The first-order chi connectivity index (χ1) is 12.5. The van der Waals surface area contributed by atoms with Crippen LogP contribution in [0.3, 0.4) is 0 Å². The lowest BCUT2D eigenvalue weighted by Gasteiger charge is -2.14. The Bertz CT molecular complexity index is 833. The summed E-state index contributed by atoms with van der Waals surface area (Å²) < 4.78 is 68.5. The fraction of sp³-hybridized carbons (Fsp3) is 0.438. The highest BCUT2D eigenvalue weighted by atomic mass is 19.4. The first kappa shape index (κ1) is 20.6. The Labute approximate surface area is 150 Å². The van der Waals surface area contributed by atoms with Gasteiger partial charge in [-0.1, -0.05) is 0 Å². The molecule has 0 amide bonds. The zero-order valence-corrected chi connectivity index (χ0v) is 14.3. The Morgan fingerprint density at radius 2 is 2.04 bits per heavy atom. The van der Waals surface area contributed by atoms with Crippen molar-refractivity contribution >= 4 is 5.97 Å². The molecule has 2 aromatic heterocycles. The van der Waals surface area contributed by atoms with Gasteiger partial charge in [0.1, 0.15) is 5.75 Å². The fourth-order valence-electron chi connectivity index (χ4n) is 2.58. The van der Waals surface area contributed by atoms with Crippen molar-refractivity contribution in [2.24, 2.45) is 0 Å². The first-order valence-corrected chi connectivity index (χ1v) is 7.85. The van der Waals surface area contributed by atoms with Crippen LogP contribution < -0.4 is 4.74 Å². The molecule has 0 spiro atoms. The number of carboxylic acid groups (broad SMARTS) is 1. The molecule has 2 heterocycles. The van der Waals surface area contributed by atoms with Crippen molar-refractivity contribution in [1.82, 2.24) is 14.8 Å². The monoisotopic (exact) mass is 393 g/mol. The van der Waals surface area contributed by atoms with E-state index in [1.54, 1.807) is 6.92 Å². The van der Waals surface area contributed by atoms with Crippen molar-refractivity contribution in [3.63, 3.8) is 0 Å². The van der Waals surface area contributed by atoms with Gasteiger partial charge in [-0.15, -0.1) is 0 Å². The van der Waals surface area contributed by atoms with Crippen LogP contribution in [0.2, 0.25) is 0 Å². The average Bonchev–Trinajstić information content (AvgIpc) is 2.89. The molecule has 0 atom stereocenters. The quantitative estimate of drug-likeness (QED) is 0.718. The molecule has 0 saturated carbocycles. The maximum absolute atomic E-state index is 12.8. The number of hydrogen-bond acceptors (Lipinski definition) is 4. The number of aryl methyl sites for hydroxylation is 2. The van der Waals surface area contributed by atoms with Crippen molar-refractivity contribution in [2.75, 3.05) is 0 Å². The molecule has 0 fully saturated rings. The van der Waals surface area contributed by atoms with E-state index in [4.69, 9.17) is 0 Å². The number of aromatic nitrogens is 3. The summed E-state index contributed by atoms with van der Waals surface area (Å²) in [6.45, 7) is 0.119. The van der Waals surface area contributed by atoms with Gasteiger partial charge in [0, 0.05) is 36.5 Å². The molecule has 0 aliphatic rings. The molecule has 0 unspecified atom stereocenters. The van der Waals surface area contributed by atoms with Gasteiger partial charge in [0.25, 0.3) is 0 Å². The summed E-state index contributed by atoms with van der Waals surface area (Å²) in [7, 11) is 0. The molecule has 0 aliphatic heterocycles. The van der Waals surface area contributed by atoms with Crippen LogP contribution in [0.4, 0.5) is 22.0 Å². The SMILES string of the molecule is CCn1nc(C(=O)O)c(C)c1-c1cnc(CCC(F)(F)F)cc1OC(F)F. The van der Waals surface area contributed by atoms with Crippen LogP contribution in [-0.4, -0.2) is 38.6 Å². The number of pyridine rings is 1. The summed E-state index contributed by atoms with van der Waals surface area (Å²) in [5.74, 6) is -1.70. The van der Waals surface area contributed by atoms with Crippen LogP contribution in [0.15, 0.2) is 12.3 Å². The highest BCUT2D eigenvalue weighted by Gasteiger charge is 2.28. The van der Waals surface area contributed by atoms with E-state index in [9.17, 15) is 31.9 Å². The predicted octanol–water partition coefficient (Wildman–Crippen LogP) is 4.07. The standard InChI is InChI=1S/C16H16F5N3O3/c1-3-24-13(8(2)12(23-24)14(25)26)10-7-22-9(4-5-16(19,20)21)6-11(10)27-15(17)18/h6-7,15H,3-5H2,1-2H3,(H,25,26). The molecule has 1 N–H and O–H groups in total. The maximum atomic E-state index is 12.8. The van der Waals surface area contributed by atoms with E-state index in [2.05, 4.69) is 14.8 Å². The summed E-state index contributed by atoms with van der Waals surface area (Å²) in [6.07, 6.45) is -5.00. The third-order valence-corrected chi connectivity index (χ3v) is 3.75. The van der Waals surface area contributed by atoms with Crippen LogP contribution in [-0.2, 0) is 13.0 Å². The van der Waals surface area contributed by atoms with Crippen molar-refractivity contribution in [3.8, 4) is 17.0 Å². The summed E-state index contributed by atoms with van der Waals surface area (Å²) >= 11 is 0. The van der Waals surface area contributed by atoms with Gasteiger partial charge in [0.05, 0.1) is 11.3 Å². The van der Waals surface area contributed by atoms with Gasteiger partial charge >= 0.3 is 18.8 Å². The number of hydrogen-bond donors (Lipinski definition) is 1. The maximum Gasteiger partial charge on any atom is 0.389 e. The zero-order valence-electron chi connectivity index (χ0n) is 14.3. The number of aromatic carboxylic acids is 1. The molecule has 0 bridgehead atoms. The lowest BCUT2D eigenvalue weighted by Crippen LogP contribution is -2.10. The molecule has 27 heavy (non-hydrogen) atoms. The first-order valence-electron chi connectivity index (χ1n) is 7.85. The minimum Gasteiger partial charge on any atom is -0.476 e. The number of ether oxygens (including phenoxy) is 1. The van der Waals surface area contributed by atoms with Crippen molar-refractivity contribution in [1.29, 1.82) is 0 Å². The third kappa shape index (κ3) is 4.92. The van der Waals surface area contributed by atoms with Gasteiger partial charge in [-0.3, -0.25) is 9.67 Å².